The average molecular weight is 344 g/mol. The summed E-state index contributed by atoms with van der Waals surface area (Å²) in [6.07, 6.45) is 1.73. The smallest absolute Gasteiger partial charge is 0.196 e. The number of aromatic nitrogens is 3. The first-order valence-corrected chi connectivity index (χ1v) is 8.09. The number of methoxy groups -OCH3 is 2. The first-order valence-electron chi connectivity index (χ1n) is 7.10. The van der Waals surface area contributed by atoms with Crippen molar-refractivity contribution in [2.75, 3.05) is 25.7 Å². The van der Waals surface area contributed by atoms with E-state index < -0.39 is 0 Å². The molecular formula is C16H16N4O3S. The van der Waals surface area contributed by atoms with Crippen LogP contribution in [0.25, 0.3) is 5.65 Å². The number of carbonyl (C=O) groups excluding carboxylic acids is 1. The first-order chi connectivity index (χ1) is 11.6. The summed E-state index contributed by atoms with van der Waals surface area (Å²) in [5.74, 6) is 1.25. The molecule has 0 saturated carbocycles. The van der Waals surface area contributed by atoms with Crippen LogP contribution in [0.15, 0.2) is 41.7 Å². The van der Waals surface area contributed by atoms with Crippen LogP contribution in [0.5, 0.6) is 11.5 Å². The monoisotopic (exact) mass is 344 g/mol. The third-order valence-corrected chi connectivity index (χ3v) is 4.38. The number of nitrogen functional groups attached to an aromatic ring is 1. The third-order valence-electron chi connectivity index (χ3n) is 3.44. The zero-order valence-corrected chi connectivity index (χ0v) is 14.0. The van der Waals surface area contributed by atoms with Crippen molar-refractivity contribution in [1.29, 1.82) is 0 Å². The first kappa shape index (κ1) is 16.1. The maximum absolute atomic E-state index is 12.5. The van der Waals surface area contributed by atoms with Gasteiger partial charge in [-0.2, -0.15) is 0 Å². The summed E-state index contributed by atoms with van der Waals surface area (Å²) in [6, 6.07) is 8.64. The molecule has 3 aromatic rings. The van der Waals surface area contributed by atoms with Gasteiger partial charge in [0, 0.05) is 18.0 Å². The molecule has 0 aliphatic rings. The number of Topliss-reactive ketones (excluding diaryl/α,β-unsaturated/α-hetero) is 1. The molecule has 0 aliphatic carbocycles. The highest BCUT2D eigenvalue weighted by molar-refractivity contribution is 7.99. The van der Waals surface area contributed by atoms with E-state index in [1.165, 1.54) is 18.9 Å². The molecule has 2 aromatic heterocycles. The van der Waals surface area contributed by atoms with Gasteiger partial charge >= 0.3 is 0 Å². The second kappa shape index (κ2) is 6.79. The Kier molecular flexibility index (Phi) is 4.57. The van der Waals surface area contributed by atoms with Crippen LogP contribution >= 0.6 is 11.8 Å². The molecule has 2 heterocycles. The van der Waals surface area contributed by atoms with E-state index in [0.29, 0.717) is 33.6 Å². The Labute approximate surface area is 142 Å². The fraction of sp³-hybridized carbons (Fsp3) is 0.188. The van der Waals surface area contributed by atoms with Gasteiger partial charge in [0.1, 0.15) is 11.5 Å². The SMILES string of the molecule is COc1ccc(C(=O)CSc2nnc3ccc(N)cn23)c(OC)c1. The average Bonchev–Trinajstić information content (AvgIpc) is 3.01. The summed E-state index contributed by atoms with van der Waals surface area (Å²) >= 11 is 1.29. The number of anilines is 1. The Morgan fingerprint density at radius 3 is 2.79 bits per heavy atom. The van der Waals surface area contributed by atoms with Gasteiger partial charge < -0.3 is 15.2 Å². The molecule has 124 valence electrons. The van der Waals surface area contributed by atoms with Gasteiger partial charge in [0.05, 0.1) is 25.5 Å². The van der Waals surface area contributed by atoms with Crippen LogP contribution in [-0.2, 0) is 0 Å². The van der Waals surface area contributed by atoms with Crippen molar-refractivity contribution in [1.82, 2.24) is 14.6 Å². The Bertz CT molecular complexity index is 894. The molecule has 0 saturated heterocycles. The molecule has 0 spiro atoms. The fourth-order valence-corrected chi connectivity index (χ4v) is 3.02. The number of pyridine rings is 1. The predicted octanol–water partition coefficient (Wildman–Crippen LogP) is 2.30. The number of ketones is 1. The summed E-state index contributed by atoms with van der Waals surface area (Å²) in [5.41, 5.74) is 7.57. The quantitative estimate of drug-likeness (QED) is 0.542. The lowest BCUT2D eigenvalue weighted by Crippen LogP contribution is -2.06. The third kappa shape index (κ3) is 3.13. The van der Waals surface area contributed by atoms with Crippen LogP contribution in [0.1, 0.15) is 10.4 Å². The lowest BCUT2D eigenvalue weighted by Gasteiger charge is -2.09. The second-order valence-corrected chi connectivity index (χ2v) is 5.89. The normalized spacial score (nSPS) is 10.8. The Hall–Kier alpha value is -2.74. The van der Waals surface area contributed by atoms with Crippen molar-refractivity contribution in [3.63, 3.8) is 0 Å². The van der Waals surface area contributed by atoms with Crippen molar-refractivity contribution in [2.24, 2.45) is 0 Å². The molecule has 24 heavy (non-hydrogen) atoms. The van der Waals surface area contributed by atoms with Crippen LogP contribution in [0, 0.1) is 0 Å². The van der Waals surface area contributed by atoms with Crippen molar-refractivity contribution in [3.05, 3.63) is 42.1 Å². The van der Waals surface area contributed by atoms with E-state index in [9.17, 15) is 4.79 Å². The van der Waals surface area contributed by atoms with Crippen LogP contribution in [0.2, 0.25) is 0 Å². The molecule has 0 atom stereocenters. The minimum Gasteiger partial charge on any atom is -0.497 e. The number of benzene rings is 1. The number of hydrogen-bond donors (Lipinski definition) is 1. The standard InChI is InChI=1S/C16H16N4O3S/c1-22-11-4-5-12(14(7-11)23-2)13(21)9-24-16-19-18-15-6-3-10(17)8-20(15)16/h3-8H,9,17H2,1-2H3. The Morgan fingerprint density at radius 2 is 2.04 bits per heavy atom. The highest BCUT2D eigenvalue weighted by Crippen LogP contribution is 2.27. The van der Waals surface area contributed by atoms with Crippen molar-refractivity contribution in [3.8, 4) is 11.5 Å². The van der Waals surface area contributed by atoms with Gasteiger partial charge in [-0.15, -0.1) is 10.2 Å². The Balaban J connectivity index is 1.79. The Morgan fingerprint density at radius 1 is 1.21 bits per heavy atom. The summed E-state index contributed by atoms with van der Waals surface area (Å²) in [7, 11) is 3.09. The van der Waals surface area contributed by atoms with E-state index in [1.807, 2.05) is 0 Å². The number of fused-ring (bicyclic) bond motifs is 1. The number of nitrogens with zero attached hydrogens (tertiary/aromatic N) is 3. The molecule has 0 fully saturated rings. The van der Waals surface area contributed by atoms with E-state index in [1.54, 1.807) is 48.0 Å². The highest BCUT2D eigenvalue weighted by atomic mass is 32.2. The van der Waals surface area contributed by atoms with Gasteiger partial charge in [-0.05, 0) is 24.3 Å². The molecule has 3 rings (SSSR count). The number of carbonyl (C=O) groups is 1. The minimum absolute atomic E-state index is 0.0693. The van der Waals surface area contributed by atoms with Gasteiger partial charge in [0.15, 0.2) is 16.6 Å². The zero-order valence-electron chi connectivity index (χ0n) is 13.2. The van der Waals surface area contributed by atoms with E-state index in [-0.39, 0.29) is 11.5 Å². The number of hydrogen-bond acceptors (Lipinski definition) is 7. The maximum atomic E-state index is 12.5. The lowest BCUT2D eigenvalue weighted by atomic mass is 10.1. The number of nitrogens with two attached hydrogens (primary N) is 1. The number of rotatable bonds is 6. The molecule has 0 bridgehead atoms. The summed E-state index contributed by atoms with van der Waals surface area (Å²) in [4.78, 5) is 12.5. The molecule has 0 aliphatic heterocycles. The predicted molar refractivity (Wildman–Crippen MR) is 92.0 cm³/mol. The van der Waals surface area contributed by atoms with Crippen molar-refractivity contribution >= 4 is 28.9 Å². The van der Waals surface area contributed by atoms with Crippen LogP contribution in [0.4, 0.5) is 5.69 Å². The van der Waals surface area contributed by atoms with E-state index in [2.05, 4.69) is 10.2 Å². The molecule has 8 heteroatoms. The van der Waals surface area contributed by atoms with Gasteiger partial charge in [-0.1, -0.05) is 11.8 Å². The number of thioether (sulfide) groups is 1. The zero-order chi connectivity index (χ0) is 17.1. The summed E-state index contributed by atoms with van der Waals surface area (Å²) in [6.45, 7) is 0. The topological polar surface area (TPSA) is 91.7 Å². The molecular weight excluding hydrogens is 328 g/mol. The molecule has 1 aromatic carbocycles. The summed E-state index contributed by atoms with van der Waals surface area (Å²) in [5, 5.41) is 8.75. The minimum atomic E-state index is -0.0693. The molecule has 0 amide bonds. The van der Waals surface area contributed by atoms with E-state index in [4.69, 9.17) is 15.2 Å². The van der Waals surface area contributed by atoms with Crippen LogP contribution < -0.4 is 15.2 Å². The molecule has 0 radical (unpaired) electrons. The lowest BCUT2D eigenvalue weighted by molar-refractivity contribution is 0.101. The number of ether oxygens (including phenoxy) is 2. The van der Waals surface area contributed by atoms with E-state index >= 15 is 0 Å². The van der Waals surface area contributed by atoms with Crippen LogP contribution in [0.3, 0.4) is 0 Å². The second-order valence-electron chi connectivity index (χ2n) is 4.95. The van der Waals surface area contributed by atoms with Gasteiger partial charge in [0.2, 0.25) is 0 Å². The highest BCUT2D eigenvalue weighted by Gasteiger charge is 2.15. The largest absolute Gasteiger partial charge is 0.497 e. The summed E-state index contributed by atoms with van der Waals surface area (Å²) < 4.78 is 12.2. The maximum Gasteiger partial charge on any atom is 0.196 e. The molecule has 7 nitrogen and oxygen atoms in total. The van der Waals surface area contributed by atoms with Gasteiger partial charge in [-0.3, -0.25) is 9.20 Å². The van der Waals surface area contributed by atoms with Gasteiger partial charge in [-0.25, -0.2) is 0 Å². The van der Waals surface area contributed by atoms with Crippen molar-refractivity contribution in [2.45, 2.75) is 5.16 Å². The van der Waals surface area contributed by atoms with Gasteiger partial charge in [0.25, 0.3) is 0 Å². The molecule has 2 N–H and O–H groups in total. The molecule has 0 unspecified atom stereocenters. The van der Waals surface area contributed by atoms with Crippen LogP contribution in [-0.4, -0.2) is 40.4 Å². The van der Waals surface area contributed by atoms with Crippen molar-refractivity contribution < 1.29 is 14.3 Å². The fourth-order valence-electron chi connectivity index (χ4n) is 2.22. The van der Waals surface area contributed by atoms with E-state index in [0.717, 1.165) is 0 Å².